The number of aryl methyl sites for hydroxylation is 1. The largest absolute Gasteiger partial charge is 0.369 e. The van der Waals surface area contributed by atoms with E-state index in [0.717, 1.165) is 49.7 Å². The van der Waals surface area contributed by atoms with E-state index in [0.29, 0.717) is 16.8 Å². The number of fused-ring (bicyclic) bond motifs is 4. The van der Waals surface area contributed by atoms with Crippen LogP contribution in [0.25, 0.3) is 49.7 Å². The van der Waals surface area contributed by atoms with Crippen LogP contribution in [0.4, 0.5) is 5.69 Å². The van der Waals surface area contributed by atoms with Crippen molar-refractivity contribution < 1.29 is 9.90 Å². The van der Waals surface area contributed by atoms with Crippen LogP contribution in [0, 0.1) is 6.92 Å². The Labute approximate surface area is 249 Å². The summed E-state index contributed by atoms with van der Waals surface area (Å²) >= 11 is 0. The molecule has 43 heavy (non-hydrogen) atoms. The minimum atomic E-state index is -1.09. The Morgan fingerprint density at radius 2 is 1.26 bits per heavy atom. The SMILES string of the molecule is Cc1ccccc1-c1cccc2c3ccccc3n(-c3cccc4c3C(=O)N(c3ccc(-c5ccccc5)cc3)C4O)c12. The van der Waals surface area contributed by atoms with Crippen molar-refractivity contribution in [3.05, 3.63) is 156 Å². The normalized spacial score (nSPS) is 14.5. The van der Waals surface area contributed by atoms with E-state index in [1.807, 2.05) is 66.7 Å². The lowest BCUT2D eigenvalue weighted by Crippen LogP contribution is -2.27. The standard InChI is InChI=1S/C39H28N2O2/c1-25-11-5-6-14-29(25)31-16-9-17-32-30-15-7-8-19-34(30)41(37(31)32)35-20-10-18-33-36(35)39(43)40(38(33)42)28-23-21-27(22-24-28)26-12-3-2-4-13-26/h2-24,38,42H,1H3. The molecule has 1 atom stereocenters. The summed E-state index contributed by atoms with van der Waals surface area (Å²) in [6.45, 7) is 2.13. The van der Waals surface area contributed by atoms with Crippen LogP contribution < -0.4 is 4.90 Å². The second-order valence-corrected chi connectivity index (χ2v) is 11.1. The van der Waals surface area contributed by atoms with E-state index in [9.17, 15) is 9.90 Å². The second-order valence-electron chi connectivity index (χ2n) is 11.1. The predicted molar refractivity (Wildman–Crippen MR) is 175 cm³/mol. The van der Waals surface area contributed by atoms with Crippen LogP contribution in [0.1, 0.15) is 27.7 Å². The van der Waals surface area contributed by atoms with Gasteiger partial charge in [0.15, 0.2) is 6.23 Å². The van der Waals surface area contributed by atoms with E-state index >= 15 is 0 Å². The number of hydrogen-bond acceptors (Lipinski definition) is 2. The van der Waals surface area contributed by atoms with Gasteiger partial charge in [0.1, 0.15) is 0 Å². The van der Waals surface area contributed by atoms with E-state index in [4.69, 9.17) is 0 Å². The topological polar surface area (TPSA) is 45.5 Å². The molecule has 0 saturated heterocycles. The predicted octanol–water partition coefficient (Wildman–Crippen LogP) is 9.08. The number of aliphatic hydroxyl groups excluding tert-OH is 1. The third-order valence-corrected chi connectivity index (χ3v) is 8.65. The molecule has 0 fully saturated rings. The summed E-state index contributed by atoms with van der Waals surface area (Å²) < 4.78 is 2.21. The van der Waals surface area contributed by atoms with Gasteiger partial charge in [0, 0.05) is 27.6 Å². The molecule has 0 spiro atoms. The van der Waals surface area contributed by atoms with Crippen LogP contribution in [0.5, 0.6) is 0 Å². The molecule has 2 heterocycles. The highest BCUT2D eigenvalue weighted by molar-refractivity contribution is 6.17. The van der Waals surface area contributed by atoms with Crippen LogP contribution in [0.2, 0.25) is 0 Å². The zero-order valence-electron chi connectivity index (χ0n) is 23.6. The average Bonchev–Trinajstić information content (AvgIpc) is 3.53. The lowest BCUT2D eigenvalue weighted by Gasteiger charge is -2.21. The van der Waals surface area contributed by atoms with Crippen molar-refractivity contribution in [3.63, 3.8) is 0 Å². The van der Waals surface area contributed by atoms with E-state index in [1.54, 1.807) is 0 Å². The molecule has 7 aromatic rings. The van der Waals surface area contributed by atoms with Gasteiger partial charge in [0.25, 0.3) is 5.91 Å². The van der Waals surface area contributed by atoms with Crippen LogP contribution in [0.3, 0.4) is 0 Å². The number of amides is 1. The number of carbonyl (C=O) groups excluding carboxylic acids is 1. The Morgan fingerprint density at radius 3 is 2.07 bits per heavy atom. The molecule has 1 unspecified atom stereocenters. The number of aromatic nitrogens is 1. The quantitative estimate of drug-likeness (QED) is 0.235. The smallest absolute Gasteiger partial charge is 0.263 e. The van der Waals surface area contributed by atoms with E-state index in [2.05, 4.69) is 84.3 Å². The van der Waals surface area contributed by atoms with E-state index < -0.39 is 6.23 Å². The molecular weight excluding hydrogens is 528 g/mol. The van der Waals surface area contributed by atoms with Gasteiger partial charge in [-0.05, 0) is 53.4 Å². The Balaban J connectivity index is 1.33. The van der Waals surface area contributed by atoms with Crippen molar-refractivity contribution in [1.82, 2.24) is 4.57 Å². The van der Waals surface area contributed by atoms with Crippen molar-refractivity contribution in [1.29, 1.82) is 0 Å². The molecule has 1 amide bonds. The highest BCUT2D eigenvalue weighted by Crippen LogP contribution is 2.43. The van der Waals surface area contributed by atoms with Gasteiger partial charge in [-0.1, -0.05) is 115 Å². The number of nitrogens with zero attached hydrogens (tertiary/aromatic N) is 2. The summed E-state index contributed by atoms with van der Waals surface area (Å²) in [7, 11) is 0. The fourth-order valence-electron chi connectivity index (χ4n) is 6.63. The maximum atomic E-state index is 14.3. The Hall–Kier alpha value is -5.45. The third-order valence-electron chi connectivity index (χ3n) is 8.65. The summed E-state index contributed by atoms with van der Waals surface area (Å²) in [4.78, 5) is 15.8. The van der Waals surface area contributed by atoms with Crippen molar-refractivity contribution >= 4 is 33.4 Å². The highest BCUT2D eigenvalue weighted by Gasteiger charge is 2.39. The molecule has 0 aliphatic carbocycles. The minimum Gasteiger partial charge on any atom is -0.369 e. The monoisotopic (exact) mass is 556 g/mol. The first-order chi connectivity index (χ1) is 21.1. The maximum absolute atomic E-state index is 14.3. The lowest BCUT2D eigenvalue weighted by atomic mass is 9.98. The molecule has 1 N–H and O–H groups in total. The fourth-order valence-corrected chi connectivity index (χ4v) is 6.63. The molecule has 0 saturated carbocycles. The second kappa shape index (κ2) is 9.83. The van der Waals surface area contributed by atoms with Crippen LogP contribution >= 0.6 is 0 Å². The van der Waals surface area contributed by atoms with E-state index in [-0.39, 0.29) is 5.91 Å². The first kappa shape index (κ1) is 25.3. The highest BCUT2D eigenvalue weighted by atomic mass is 16.3. The van der Waals surface area contributed by atoms with Crippen LogP contribution in [-0.2, 0) is 0 Å². The molecule has 1 aliphatic rings. The summed E-state index contributed by atoms with van der Waals surface area (Å²) in [5.74, 6) is -0.218. The van der Waals surface area contributed by atoms with Crippen molar-refractivity contribution in [2.75, 3.05) is 4.90 Å². The Morgan fingerprint density at radius 1 is 0.605 bits per heavy atom. The molecule has 8 rings (SSSR count). The first-order valence-corrected chi connectivity index (χ1v) is 14.5. The van der Waals surface area contributed by atoms with Gasteiger partial charge in [0.05, 0.1) is 22.3 Å². The van der Waals surface area contributed by atoms with E-state index in [1.165, 1.54) is 10.5 Å². The van der Waals surface area contributed by atoms with Gasteiger partial charge in [0.2, 0.25) is 0 Å². The van der Waals surface area contributed by atoms with Gasteiger partial charge < -0.3 is 9.67 Å². The molecular formula is C39H28N2O2. The molecule has 206 valence electrons. The molecule has 0 bridgehead atoms. The summed E-state index contributed by atoms with van der Waals surface area (Å²) in [5, 5.41) is 13.8. The summed E-state index contributed by atoms with van der Waals surface area (Å²) in [6, 6.07) is 46.8. The molecule has 1 aromatic heterocycles. The van der Waals surface area contributed by atoms with Crippen molar-refractivity contribution in [3.8, 4) is 27.9 Å². The summed E-state index contributed by atoms with van der Waals surface area (Å²) in [5.41, 5.74) is 10.2. The van der Waals surface area contributed by atoms with Crippen LogP contribution in [0.15, 0.2) is 140 Å². The zero-order valence-corrected chi connectivity index (χ0v) is 23.6. The van der Waals surface area contributed by atoms with Gasteiger partial charge >= 0.3 is 0 Å². The number of benzene rings is 6. The van der Waals surface area contributed by atoms with Gasteiger partial charge in [-0.3, -0.25) is 9.69 Å². The zero-order chi connectivity index (χ0) is 29.1. The first-order valence-electron chi connectivity index (χ1n) is 14.5. The van der Waals surface area contributed by atoms with Gasteiger partial charge in [-0.2, -0.15) is 0 Å². The number of para-hydroxylation sites is 2. The molecule has 4 heteroatoms. The van der Waals surface area contributed by atoms with Gasteiger partial charge in [-0.25, -0.2) is 0 Å². The number of aliphatic hydroxyl groups is 1. The van der Waals surface area contributed by atoms with Crippen molar-refractivity contribution in [2.24, 2.45) is 0 Å². The van der Waals surface area contributed by atoms with Crippen molar-refractivity contribution in [2.45, 2.75) is 13.2 Å². The molecule has 6 aromatic carbocycles. The summed E-state index contributed by atoms with van der Waals surface area (Å²) in [6.07, 6.45) is -1.09. The maximum Gasteiger partial charge on any atom is 0.263 e. The van der Waals surface area contributed by atoms with Crippen LogP contribution in [-0.4, -0.2) is 15.6 Å². The number of hydrogen-bond donors (Lipinski definition) is 1. The number of rotatable bonds is 4. The minimum absolute atomic E-state index is 0.218. The molecule has 4 nitrogen and oxygen atoms in total. The third kappa shape index (κ3) is 3.84. The lowest BCUT2D eigenvalue weighted by molar-refractivity contribution is 0.0935. The number of anilines is 1. The Bertz CT molecular complexity index is 2180. The Kier molecular flexibility index (Phi) is 5.78. The van der Waals surface area contributed by atoms with Gasteiger partial charge in [-0.15, -0.1) is 0 Å². The average molecular weight is 557 g/mol. The fraction of sp³-hybridized carbons (Fsp3) is 0.0513. The molecule has 1 aliphatic heterocycles. The number of carbonyl (C=O) groups is 1. The molecule has 0 radical (unpaired) electrons.